The first-order valence-electron chi connectivity index (χ1n) is 7.21. The molecule has 0 aliphatic rings. The maximum absolute atomic E-state index is 11.8. The minimum atomic E-state index is -0.982. The molecule has 0 saturated heterocycles. The number of amides is 1. The van der Waals surface area contributed by atoms with Crippen LogP contribution in [0.3, 0.4) is 0 Å². The average Bonchev–Trinajstić information content (AvgIpc) is 2.39. The smallest absolute Gasteiger partial charge is 0.326 e. The molecule has 3 N–H and O–H groups in total. The lowest BCUT2D eigenvalue weighted by Gasteiger charge is -2.16. The molecule has 1 aromatic carbocycles. The second-order valence-corrected chi connectivity index (χ2v) is 5.58. The van der Waals surface area contributed by atoms with Gasteiger partial charge in [-0.1, -0.05) is 32.0 Å². The number of hydrogen-bond donors (Lipinski definition) is 3. The highest BCUT2D eigenvalue weighted by Gasteiger charge is 2.20. The zero-order valence-electron chi connectivity index (χ0n) is 12.8. The number of carboxylic acid groups (broad SMARTS) is 1. The van der Waals surface area contributed by atoms with E-state index >= 15 is 0 Å². The highest BCUT2D eigenvalue weighted by atomic mass is 16.4. The summed E-state index contributed by atoms with van der Waals surface area (Å²) in [5, 5.41) is 14.8. The fourth-order valence-electron chi connectivity index (χ4n) is 2.04. The summed E-state index contributed by atoms with van der Waals surface area (Å²) in [6.07, 6.45) is 0.683. The van der Waals surface area contributed by atoms with Crippen LogP contribution in [-0.4, -0.2) is 29.6 Å². The molecule has 5 heteroatoms. The van der Waals surface area contributed by atoms with E-state index in [1.165, 1.54) is 0 Å². The van der Waals surface area contributed by atoms with Gasteiger partial charge in [0.25, 0.3) is 0 Å². The van der Waals surface area contributed by atoms with Crippen molar-refractivity contribution in [2.45, 2.75) is 39.7 Å². The molecule has 0 aliphatic heterocycles. The predicted octanol–water partition coefficient (Wildman–Crippen LogP) is 2.41. The number of rotatable bonds is 8. The van der Waals surface area contributed by atoms with E-state index in [1.807, 2.05) is 45.0 Å². The van der Waals surface area contributed by atoms with Gasteiger partial charge in [0.05, 0.1) is 0 Å². The Hall–Kier alpha value is -2.04. The molecule has 0 aromatic heterocycles. The average molecular weight is 292 g/mol. The van der Waals surface area contributed by atoms with E-state index in [0.717, 1.165) is 11.3 Å². The van der Waals surface area contributed by atoms with Gasteiger partial charge >= 0.3 is 5.97 Å². The molecule has 0 bridgehead atoms. The van der Waals surface area contributed by atoms with Gasteiger partial charge in [-0.3, -0.25) is 4.79 Å². The van der Waals surface area contributed by atoms with Crippen LogP contribution in [0.25, 0.3) is 0 Å². The molecule has 0 unspecified atom stereocenters. The SMILES string of the molecule is Cc1ccccc1NCCC(=O)N[C@@H](CC(C)C)C(=O)O. The van der Waals surface area contributed by atoms with Gasteiger partial charge in [0.2, 0.25) is 5.91 Å². The number of aliphatic carboxylic acids is 1. The minimum Gasteiger partial charge on any atom is -0.480 e. The van der Waals surface area contributed by atoms with Crippen molar-refractivity contribution in [1.29, 1.82) is 0 Å². The van der Waals surface area contributed by atoms with Crippen molar-refractivity contribution in [2.24, 2.45) is 5.92 Å². The molecule has 21 heavy (non-hydrogen) atoms. The summed E-state index contributed by atoms with van der Waals surface area (Å²) in [5.74, 6) is -1.01. The maximum atomic E-state index is 11.8. The summed E-state index contributed by atoms with van der Waals surface area (Å²) in [6.45, 7) is 6.33. The van der Waals surface area contributed by atoms with Gasteiger partial charge in [0.1, 0.15) is 6.04 Å². The van der Waals surface area contributed by atoms with Crippen molar-refractivity contribution in [3.63, 3.8) is 0 Å². The Balaban J connectivity index is 2.39. The van der Waals surface area contributed by atoms with Crippen LogP contribution in [0.5, 0.6) is 0 Å². The van der Waals surface area contributed by atoms with Crippen molar-refractivity contribution in [3.05, 3.63) is 29.8 Å². The molecular formula is C16H24N2O3. The molecular weight excluding hydrogens is 268 g/mol. The minimum absolute atomic E-state index is 0.219. The molecule has 116 valence electrons. The highest BCUT2D eigenvalue weighted by Crippen LogP contribution is 2.12. The first-order chi connectivity index (χ1) is 9.90. The topological polar surface area (TPSA) is 78.4 Å². The fourth-order valence-corrected chi connectivity index (χ4v) is 2.04. The monoisotopic (exact) mass is 292 g/mol. The number of anilines is 1. The first-order valence-corrected chi connectivity index (χ1v) is 7.21. The normalized spacial score (nSPS) is 12.0. The van der Waals surface area contributed by atoms with E-state index in [4.69, 9.17) is 5.11 Å². The zero-order chi connectivity index (χ0) is 15.8. The number of benzene rings is 1. The predicted molar refractivity (Wildman–Crippen MR) is 83.3 cm³/mol. The Morgan fingerprint density at radius 3 is 2.48 bits per heavy atom. The van der Waals surface area contributed by atoms with Crippen LogP contribution in [-0.2, 0) is 9.59 Å². The van der Waals surface area contributed by atoms with Gasteiger partial charge in [-0.15, -0.1) is 0 Å². The van der Waals surface area contributed by atoms with Crippen LogP contribution < -0.4 is 10.6 Å². The number of carbonyl (C=O) groups excluding carboxylic acids is 1. The first kappa shape index (κ1) is 17.0. The Morgan fingerprint density at radius 2 is 1.90 bits per heavy atom. The van der Waals surface area contributed by atoms with Crippen LogP contribution >= 0.6 is 0 Å². The van der Waals surface area contributed by atoms with E-state index in [0.29, 0.717) is 13.0 Å². The van der Waals surface area contributed by atoms with Gasteiger partial charge in [0, 0.05) is 18.7 Å². The van der Waals surface area contributed by atoms with Crippen molar-refractivity contribution < 1.29 is 14.7 Å². The molecule has 1 aromatic rings. The quantitative estimate of drug-likeness (QED) is 0.687. The van der Waals surface area contributed by atoms with Crippen LogP contribution in [0.4, 0.5) is 5.69 Å². The second-order valence-electron chi connectivity index (χ2n) is 5.58. The molecule has 0 radical (unpaired) electrons. The van der Waals surface area contributed by atoms with Gasteiger partial charge in [-0.25, -0.2) is 4.79 Å². The Labute approximate surface area is 125 Å². The van der Waals surface area contributed by atoms with E-state index < -0.39 is 12.0 Å². The number of carboxylic acids is 1. The van der Waals surface area contributed by atoms with Crippen molar-refractivity contribution in [3.8, 4) is 0 Å². The maximum Gasteiger partial charge on any atom is 0.326 e. The van der Waals surface area contributed by atoms with Crippen molar-refractivity contribution >= 4 is 17.6 Å². The van der Waals surface area contributed by atoms with Gasteiger partial charge in [-0.05, 0) is 30.9 Å². The van der Waals surface area contributed by atoms with E-state index in [9.17, 15) is 9.59 Å². The van der Waals surface area contributed by atoms with Crippen LogP contribution in [0, 0.1) is 12.8 Å². The summed E-state index contributed by atoms with van der Waals surface area (Å²) in [6, 6.07) is 7.02. The third-order valence-electron chi connectivity index (χ3n) is 3.15. The summed E-state index contributed by atoms with van der Waals surface area (Å²) in [5.41, 5.74) is 2.10. The highest BCUT2D eigenvalue weighted by molar-refractivity contribution is 5.83. The van der Waals surface area contributed by atoms with E-state index in [2.05, 4.69) is 10.6 Å². The molecule has 0 aliphatic carbocycles. The Kier molecular flexibility index (Phi) is 6.72. The van der Waals surface area contributed by atoms with E-state index in [1.54, 1.807) is 0 Å². The lowest BCUT2D eigenvalue weighted by molar-refractivity contribution is -0.142. The van der Waals surface area contributed by atoms with Crippen molar-refractivity contribution in [1.82, 2.24) is 5.32 Å². The molecule has 0 spiro atoms. The summed E-state index contributed by atoms with van der Waals surface area (Å²) in [7, 11) is 0. The number of nitrogens with one attached hydrogen (secondary N) is 2. The standard InChI is InChI=1S/C16H24N2O3/c1-11(2)10-14(16(20)21)18-15(19)8-9-17-13-7-5-4-6-12(13)3/h4-7,11,14,17H,8-10H2,1-3H3,(H,18,19)(H,20,21)/t14-/m0/s1. The lowest BCUT2D eigenvalue weighted by Crippen LogP contribution is -2.42. The van der Waals surface area contributed by atoms with E-state index in [-0.39, 0.29) is 18.2 Å². The van der Waals surface area contributed by atoms with Crippen LogP contribution in [0.15, 0.2) is 24.3 Å². The summed E-state index contributed by atoms with van der Waals surface area (Å²) in [4.78, 5) is 22.9. The molecule has 1 atom stereocenters. The second kappa shape index (κ2) is 8.29. The summed E-state index contributed by atoms with van der Waals surface area (Å²) < 4.78 is 0. The number of carbonyl (C=O) groups is 2. The van der Waals surface area contributed by atoms with Gasteiger partial charge in [0.15, 0.2) is 0 Å². The molecule has 0 heterocycles. The summed E-state index contributed by atoms with van der Waals surface area (Å²) >= 11 is 0. The number of hydrogen-bond acceptors (Lipinski definition) is 3. The van der Waals surface area contributed by atoms with Gasteiger partial charge in [-0.2, -0.15) is 0 Å². The Morgan fingerprint density at radius 1 is 1.24 bits per heavy atom. The zero-order valence-corrected chi connectivity index (χ0v) is 12.8. The molecule has 1 rings (SSSR count). The lowest BCUT2D eigenvalue weighted by atomic mass is 10.0. The Bertz CT molecular complexity index is 486. The molecule has 5 nitrogen and oxygen atoms in total. The molecule has 0 fully saturated rings. The fraction of sp³-hybridized carbons (Fsp3) is 0.500. The third-order valence-corrected chi connectivity index (χ3v) is 3.15. The number of aryl methyl sites for hydroxylation is 1. The molecule has 0 saturated carbocycles. The van der Waals surface area contributed by atoms with Crippen molar-refractivity contribution in [2.75, 3.05) is 11.9 Å². The van der Waals surface area contributed by atoms with Crippen LogP contribution in [0.2, 0.25) is 0 Å². The van der Waals surface area contributed by atoms with Crippen LogP contribution in [0.1, 0.15) is 32.3 Å². The largest absolute Gasteiger partial charge is 0.480 e. The molecule has 1 amide bonds. The third kappa shape index (κ3) is 6.29. The van der Waals surface area contributed by atoms with Gasteiger partial charge < -0.3 is 15.7 Å². The number of para-hydroxylation sites is 1.